The molecular weight excluding hydrogens is 387 g/mol. The van der Waals surface area contributed by atoms with Crippen LogP contribution < -0.4 is 16.5 Å². The van der Waals surface area contributed by atoms with Crippen LogP contribution in [0.1, 0.15) is 0 Å². The Bertz CT molecular complexity index is 1250. The Kier molecular flexibility index (Phi) is 4.39. The first-order chi connectivity index (χ1) is 13.0. The number of nitrogens with zero attached hydrogens (tertiary/aromatic N) is 3. The Labute approximate surface area is 162 Å². The summed E-state index contributed by atoms with van der Waals surface area (Å²) in [7, 11) is 0. The molecule has 0 spiro atoms. The van der Waals surface area contributed by atoms with Crippen molar-refractivity contribution in [3.63, 3.8) is 0 Å². The number of para-hydroxylation sites is 2. The zero-order chi connectivity index (χ0) is 19.0. The summed E-state index contributed by atoms with van der Waals surface area (Å²) < 4.78 is 1.10. The summed E-state index contributed by atoms with van der Waals surface area (Å²) in [5.74, 6) is 0.303. The Balaban J connectivity index is 1.87. The average molecular weight is 399 g/mol. The van der Waals surface area contributed by atoms with Gasteiger partial charge in [-0.25, -0.2) is 14.3 Å². The molecule has 3 N–H and O–H groups in total. The lowest BCUT2D eigenvalue weighted by Gasteiger charge is -2.11. The van der Waals surface area contributed by atoms with Crippen LogP contribution in [0.3, 0.4) is 0 Å². The van der Waals surface area contributed by atoms with Crippen molar-refractivity contribution >= 4 is 45.9 Å². The molecule has 0 unspecified atom stereocenters. The molecule has 0 amide bonds. The van der Waals surface area contributed by atoms with Gasteiger partial charge in [0.25, 0.3) is 0 Å². The van der Waals surface area contributed by atoms with E-state index >= 15 is 0 Å². The van der Waals surface area contributed by atoms with E-state index in [4.69, 9.17) is 28.6 Å². The van der Waals surface area contributed by atoms with Crippen molar-refractivity contribution in [2.75, 3.05) is 5.32 Å². The number of hydrogen-bond donors (Lipinski definition) is 3. The van der Waals surface area contributed by atoms with E-state index in [1.807, 2.05) is 30.3 Å². The highest BCUT2D eigenvalue weighted by Gasteiger charge is 2.14. The van der Waals surface area contributed by atoms with Gasteiger partial charge in [0.1, 0.15) is 5.49 Å². The number of rotatable bonds is 3. The van der Waals surface area contributed by atoms with Gasteiger partial charge >= 0.3 is 5.69 Å². The standard InChI is InChI=1S/C18H12Cl2N6O/c19-12-7-4-8-13(20)14(12)26-15(21)11-9-22-17(24-16(11)25-18(26)27)23-10-5-2-1-3-6-10/h1-9,21H,(H2,22,23,24,25,27). The van der Waals surface area contributed by atoms with Crippen LogP contribution >= 0.6 is 23.2 Å². The SMILES string of the molecule is N=c1c2cnc(Nc3ccccc3)nc2[nH]c(=O)n1-c1c(Cl)cccc1Cl. The van der Waals surface area contributed by atoms with Crippen molar-refractivity contribution in [3.05, 3.63) is 80.7 Å². The first-order valence-electron chi connectivity index (χ1n) is 7.88. The molecule has 9 heteroatoms. The largest absolute Gasteiger partial charge is 0.333 e. The Morgan fingerprint density at radius 2 is 1.74 bits per heavy atom. The summed E-state index contributed by atoms with van der Waals surface area (Å²) in [6.45, 7) is 0. The number of hydrogen-bond acceptors (Lipinski definition) is 5. The second-order valence-electron chi connectivity index (χ2n) is 5.63. The van der Waals surface area contributed by atoms with Crippen LogP contribution in [0.25, 0.3) is 16.7 Å². The average Bonchev–Trinajstić information content (AvgIpc) is 2.64. The molecule has 0 bridgehead atoms. The van der Waals surface area contributed by atoms with E-state index in [0.29, 0.717) is 11.3 Å². The van der Waals surface area contributed by atoms with Crippen molar-refractivity contribution in [1.82, 2.24) is 19.5 Å². The van der Waals surface area contributed by atoms with Gasteiger partial charge < -0.3 is 5.32 Å². The van der Waals surface area contributed by atoms with E-state index in [9.17, 15) is 4.79 Å². The Morgan fingerprint density at radius 1 is 1.04 bits per heavy atom. The van der Waals surface area contributed by atoms with Gasteiger partial charge in [0.15, 0.2) is 5.65 Å². The second kappa shape index (κ2) is 6.86. The van der Waals surface area contributed by atoms with Gasteiger partial charge in [-0.2, -0.15) is 4.98 Å². The highest BCUT2D eigenvalue weighted by molar-refractivity contribution is 6.37. The Morgan fingerprint density at radius 3 is 2.44 bits per heavy atom. The minimum absolute atomic E-state index is 0.116. The molecule has 7 nitrogen and oxygen atoms in total. The van der Waals surface area contributed by atoms with Gasteiger partial charge in [-0.15, -0.1) is 0 Å². The molecule has 0 aliphatic rings. The van der Waals surface area contributed by atoms with Crippen molar-refractivity contribution in [2.45, 2.75) is 0 Å². The van der Waals surface area contributed by atoms with Crippen LogP contribution in [0, 0.1) is 5.41 Å². The van der Waals surface area contributed by atoms with Gasteiger partial charge in [-0.1, -0.05) is 47.5 Å². The zero-order valence-electron chi connectivity index (χ0n) is 13.7. The van der Waals surface area contributed by atoms with Gasteiger partial charge in [0.05, 0.1) is 21.1 Å². The van der Waals surface area contributed by atoms with Crippen molar-refractivity contribution < 1.29 is 0 Å². The third-order valence-electron chi connectivity index (χ3n) is 3.89. The molecule has 2 aromatic heterocycles. The molecule has 0 atom stereocenters. The predicted molar refractivity (Wildman–Crippen MR) is 105 cm³/mol. The number of aromatic amines is 1. The van der Waals surface area contributed by atoms with E-state index in [1.165, 1.54) is 6.20 Å². The van der Waals surface area contributed by atoms with Crippen LogP contribution in [0.15, 0.2) is 59.5 Å². The Hall–Kier alpha value is -3.16. The molecule has 2 heterocycles. The smallest absolute Gasteiger partial charge is 0.324 e. The number of anilines is 2. The molecule has 0 fully saturated rings. The van der Waals surface area contributed by atoms with Crippen LogP contribution in [0.4, 0.5) is 11.6 Å². The number of aromatic nitrogens is 4. The summed E-state index contributed by atoms with van der Waals surface area (Å²) in [6, 6.07) is 14.2. The lowest BCUT2D eigenvalue weighted by Crippen LogP contribution is -2.34. The van der Waals surface area contributed by atoms with Crippen LogP contribution in [-0.2, 0) is 0 Å². The van der Waals surface area contributed by atoms with E-state index in [-0.39, 0.29) is 26.9 Å². The van der Waals surface area contributed by atoms with E-state index < -0.39 is 5.69 Å². The van der Waals surface area contributed by atoms with Gasteiger partial charge in [0, 0.05) is 11.9 Å². The number of benzene rings is 2. The molecule has 0 radical (unpaired) electrons. The highest BCUT2D eigenvalue weighted by Crippen LogP contribution is 2.26. The first-order valence-corrected chi connectivity index (χ1v) is 8.63. The molecule has 0 saturated heterocycles. The number of halogens is 2. The van der Waals surface area contributed by atoms with Crippen molar-refractivity contribution in [1.29, 1.82) is 5.41 Å². The predicted octanol–water partition coefficient (Wildman–Crippen LogP) is 3.64. The molecule has 0 aliphatic heterocycles. The minimum Gasteiger partial charge on any atom is -0.324 e. The number of fused-ring (bicyclic) bond motifs is 1. The topological polar surface area (TPSA) is 99.5 Å². The molecule has 27 heavy (non-hydrogen) atoms. The van der Waals surface area contributed by atoms with E-state index in [2.05, 4.69) is 20.3 Å². The normalized spacial score (nSPS) is 10.9. The molecule has 134 valence electrons. The van der Waals surface area contributed by atoms with E-state index in [1.54, 1.807) is 18.2 Å². The molecule has 2 aromatic carbocycles. The van der Waals surface area contributed by atoms with Crippen molar-refractivity contribution in [2.24, 2.45) is 0 Å². The van der Waals surface area contributed by atoms with Gasteiger partial charge in [0.2, 0.25) is 5.95 Å². The summed E-state index contributed by atoms with van der Waals surface area (Å²) in [5, 5.41) is 12.3. The van der Waals surface area contributed by atoms with Crippen LogP contribution in [-0.4, -0.2) is 19.5 Å². The molecule has 0 saturated carbocycles. The maximum Gasteiger partial charge on any atom is 0.333 e. The quantitative estimate of drug-likeness (QED) is 0.490. The summed E-state index contributed by atoms with van der Waals surface area (Å²) >= 11 is 12.4. The molecule has 0 aliphatic carbocycles. The summed E-state index contributed by atoms with van der Waals surface area (Å²) in [6.07, 6.45) is 1.47. The number of H-pyrrole nitrogens is 1. The van der Waals surface area contributed by atoms with Crippen LogP contribution in [0.2, 0.25) is 10.0 Å². The lowest BCUT2D eigenvalue weighted by molar-refractivity contribution is 0.854. The van der Waals surface area contributed by atoms with E-state index in [0.717, 1.165) is 10.3 Å². The third kappa shape index (κ3) is 3.18. The van der Waals surface area contributed by atoms with Crippen LogP contribution in [0.5, 0.6) is 0 Å². The third-order valence-corrected chi connectivity index (χ3v) is 4.50. The van der Waals surface area contributed by atoms with Gasteiger partial charge in [-0.3, -0.25) is 10.4 Å². The highest BCUT2D eigenvalue weighted by atomic mass is 35.5. The second-order valence-corrected chi connectivity index (χ2v) is 6.45. The van der Waals surface area contributed by atoms with Crippen molar-refractivity contribution in [3.8, 4) is 5.69 Å². The molecular formula is C18H12Cl2N6O. The molecule has 4 aromatic rings. The lowest BCUT2D eigenvalue weighted by atomic mass is 10.3. The minimum atomic E-state index is -0.577. The summed E-state index contributed by atoms with van der Waals surface area (Å²) in [5.41, 5.74) is 0.583. The zero-order valence-corrected chi connectivity index (χ0v) is 15.2. The van der Waals surface area contributed by atoms with Gasteiger partial charge in [-0.05, 0) is 24.3 Å². The molecule has 4 rings (SSSR count). The fraction of sp³-hybridized carbons (Fsp3) is 0. The first kappa shape index (κ1) is 17.3. The monoisotopic (exact) mass is 398 g/mol. The maximum absolute atomic E-state index is 12.6. The summed E-state index contributed by atoms with van der Waals surface area (Å²) in [4.78, 5) is 23.8. The fourth-order valence-electron chi connectivity index (χ4n) is 2.66. The maximum atomic E-state index is 12.6. The fourth-order valence-corrected chi connectivity index (χ4v) is 3.22. The number of nitrogens with one attached hydrogen (secondary N) is 3.